The number of hydrogen-bond acceptors (Lipinski definition) is 3. The van der Waals surface area contributed by atoms with Crippen LogP contribution in [0.2, 0.25) is 0 Å². The largest absolute Gasteiger partial charge is 0.233 e. The van der Waals surface area contributed by atoms with Crippen molar-refractivity contribution < 1.29 is 11.0 Å². The van der Waals surface area contributed by atoms with Crippen LogP contribution in [0.4, 0.5) is 0 Å². The van der Waals surface area contributed by atoms with Gasteiger partial charge in [-0.25, -0.2) is 4.99 Å². The minimum absolute atomic E-state index is 0.459. The van der Waals surface area contributed by atoms with Crippen LogP contribution in [0.5, 0.6) is 0 Å². The number of thioether (sulfide) groups is 1. The van der Waals surface area contributed by atoms with Crippen molar-refractivity contribution in [1.29, 1.82) is 0 Å². The summed E-state index contributed by atoms with van der Waals surface area (Å²) in [4.78, 5) is 2.95. The summed E-state index contributed by atoms with van der Waals surface area (Å²) < 4.78 is 59.4. The van der Waals surface area contributed by atoms with Crippen molar-refractivity contribution in [3.63, 3.8) is 0 Å². The summed E-state index contributed by atoms with van der Waals surface area (Å²) in [5.41, 5.74) is -2.61. The molecule has 0 saturated carbocycles. The second kappa shape index (κ2) is 8.15. The molecule has 9 heavy (non-hydrogen) atoms. The monoisotopic (exact) mass is 169 g/mol. The van der Waals surface area contributed by atoms with Gasteiger partial charge in [0.25, 0.3) is 0 Å². The molecule has 0 N–H and O–H groups in total. The fourth-order valence-electron chi connectivity index (χ4n) is 0.155. The van der Waals surface area contributed by atoms with Gasteiger partial charge in [-0.05, 0) is 36.9 Å². The van der Waals surface area contributed by atoms with Crippen molar-refractivity contribution in [1.82, 2.24) is 0 Å². The molecule has 3 heteroatoms. The first-order chi connectivity index (χ1) is 7.37. The Morgan fingerprint density at radius 2 is 2.56 bits per heavy atom. The summed E-state index contributed by atoms with van der Waals surface area (Å²) in [6.45, 7) is -3.00. The summed E-state index contributed by atoms with van der Waals surface area (Å²) in [7, 11) is 0. The lowest BCUT2D eigenvalue weighted by Crippen LogP contribution is -1.82. The highest BCUT2D eigenvalue weighted by Gasteiger charge is 1.83. The Kier molecular flexibility index (Phi) is 2.11. The zero-order valence-corrected chi connectivity index (χ0v) is 6.40. The molecule has 52 valence electrons. The Morgan fingerprint density at radius 1 is 1.78 bits per heavy atom. The number of aliphatic imine (C=N–C) groups is 1. The van der Waals surface area contributed by atoms with E-state index >= 15 is 0 Å². The second-order valence-electron chi connectivity index (χ2n) is 0.871. The maximum absolute atomic E-state index is 7.50. The zero-order valence-electron chi connectivity index (χ0n) is 12.8. The van der Waals surface area contributed by atoms with E-state index in [4.69, 9.17) is 11.0 Å². The molecule has 0 bridgehead atoms. The van der Waals surface area contributed by atoms with Gasteiger partial charge in [0.15, 0.2) is 0 Å². The molecular weight excluding hydrogens is 150 g/mol. The van der Waals surface area contributed by atoms with Crippen molar-refractivity contribution in [2.75, 3.05) is 18.5 Å². The molecule has 1 nitrogen and oxygen atoms in total. The van der Waals surface area contributed by atoms with Crippen LogP contribution >= 0.6 is 24.0 Å². The second-order valence-corrected chi connectivity index (χ2v) is 1.67. The van der Waals surface area contributed by atoms with Crippen molar-refractivity contribution in [3.05, 3.63) is 0 Å². The SMILES string of the molecule is [2H]C([2H])(N=C=S)C([2H])([2H])C([2H])([2H])C([2H])([2H])SC. The van der Waals surface area contributed by atoms with Gasteiger partial charge in [-0.2, -0.15) is 11.8 Å². The molecule has 0 fully saturated rings. The molecule has 0 amide bonds. The van der Waals surface area contributed by atoms with Gasteiger partial charge in [0, 0.05) is 14.7 Å². The number of rotatable bonds is 5. The Labute approximate surface area is 77.2 Å². The average molecular weight is 169 g/mol. The van der Waals surface area contributed by atoms with Gasteiger partial charge in [0.05, 0.1) is 7.90 Å². The lowest BCUT2D eigenvalue weighted by atomic mass is 10.3. The normalized spacial score (nSPS) is 28.1. The van der Waals surface area contributed by atoms with Gasteiger partial charge < -0.3 is 0 Å². The fraction of sp³-hybridized carbons (Fsp3) is 0.833. The van der Waals surface area contributed by atoms with Crippen LogP contribution in [-0.2, 0) is 0 Å². The van der Waals surface area contributed by atoms with Crippen LogP contribution in [0.3, 0.4) is 0 Å². The van der Waals surface area contributed by atoms with Crippen LogP contribution in [0.15, 0.2) is 4.99 Å². The molecule has 0 saturated heterocycles. The van der Waals surface area contributed by atoms with Gasteiger partial charge in [-0.3, -0.25) is 0 Å². The van der Waals surface area contributed by atoms with Crippen LogP contribution in [0.25, 0.3) is 0 Å². The molecule has 0 aromatic heterocycles. The average Bonchev–Trinajstić information content (AvgIpc) is 2.16. The van der Waals surface area contributed by atoms with E-state index in [0.29, 0.717) is 11.8 Å². The first kappa shape index (κ1) is 2.33. The van der Waals surface area contributed by atoms with Crippen molar-refractivity contribution in [2.24, 2.45) is 4.99 Å². The molecule has 0 aliphatic carbocycles. The lowest BCUT2D eigenvalue weighted by molar-refractivity contribution is 0.819. The Hall–Kier alpha value is 0.150. The smallest absolute Gasteiger partial charge is 0.0584 e. The molecule has 0 spiro atoms. The third kappa shape index (κ3) is 8.15. The van der Waals surface area contributed by atoms with Gasteiger partial charge in [0.2, 0.25) is 0 Å². The molecule has 0 atom stereocenters. The zero-order chi connectivity index (χ0) is 14.1. The standard InChI is InChI=1S/C6H11NS2/c1-9-5-3-2-4-7-6-8/h2-5H2,1H3/i2D2,3D2,4D2,5D2. The predicted octanol–water partition coefficient (Wildman–Crippen LogP) is 2.23. The van der Waals surface area contributed by atoms with E-state index in [1.807, 2.05) is 0 Å². The molecule has 0 rings (SSSR count). The van der Waals surface area contributed by atoms with Gasteiger partial charge in [-0.1, -0.05) is 0 Å². The van der Waals surface area contributed by atoms with E-state index < -0.39 is 24.9 Å². The van der Waals surface area contributed by atoms with Crippen LogP contribution in [0, 0.1) is 0 Å². The Morgan fingerprint density at radius 3 is 3.11 bits per heavy atom. The van der Waals surface area contributed by atoms with E-state index in [0.717, 1.165) is 0 Å². The third-order valence-electron chi connectivity index (χ3n) is 0.373. The molecule has 0 radical (unpaired) electrons. The topological polar surface area (TPSA) is 12.4 Å². The highest BCUT2D eigenvalue weighted by atomic mass is 32.2. The third-order valence-corrected chi connectivity index (χ3v) is 0.771. The molecular formula is C6H11NS2. The maximum Gasteiger partial charge on any atom is 0.0584 e. The summed E-state index contributed by atoms with van der Waals surface area (Å²) in [6, 6.07) is 0. The van der Waals surface area contributed by atoms with Crippen LogP contribution < -0.4 is 0 Å². The van der Waals surface area contributed by atoms with Crippen molar-refractivity contribution >= 4 is 29.1 Å². The molecule has 0 heterocycles. The number of nitrogens with zero attached hydrogens (tertiary/aromatic N) is 1. The first-order valence-electron chi connectivity index (χ1n) is 6.01. The lowest BCUT2D eigenvalue weighted by Gasteiger charge is -1.91. The van der Waals surface area contributed by atoms with Crippen LogP contribution in [-0.4, -0.2) is 23.6 Å². The molecule has 0 aromatic rings. The van der Waals surface area contributed by atoms with Crippen molar-refractivity contribution in [2.45, 2.75) is 12.7 Å². The summed E-state index contributed by atoms with van der Waals surface area (Å²) in [5.74, 6) is 0. The highest BCUT2D eigenvalue weighted by Crippen LogP contribution is 1.98. The van der Waals surface area contributed by atoms with Gasteiger partial charge in [-0.15, -0.1) is 0 Å². The van der Waals surface area contributed by atoms with Crippen molar-refractivity contribution in [3.8, 4) is 0 Å². The van der Waals surface area contributed by atoms with E-state index in [1.54, 1.807) is 5.16 Å². The predicted molar refractivity (Wildman–Crippen MR) is 47.5 cm³/mol. The molecule has 0 aliphatic heterocycles. The number of thiocarbonyl (C=S) groups is 1. The van der Waals surface area contributed by atoms with E-state index in [-0.39, 0.29) is 0 Å². The number of isothiocyanates is 1. The Bertz CT molecular complexity index is 335. The molecule has 0 aliphatic rings. The summed E-state index contributed by atoms with van der Waals surface area (Å²) in [5, 5.41) is 1.65. The van der Waals surface area contributed by atoms with Crippen LogP contribution in [0.1, 0.15) is 23.7 Å². The maximum atomic E-state index is 7.50. The Balaban J connectivity index is 5.68. The van der Waals surface area contributed by atoms with E-state index in [2.05, 4.69) is 17.2 Å². The van der Waals surface area contributed by atoms with Gasteiger partial charge >= 0.3 is 0 Å². The minimum Gasteiger partial charge on any atom is -0.233 e. The number of hydrogen-bond donors (Lipinski definition) is 0. The van der Waals surface area contributed by atoms with E-state index in [1.165, 1.54) is 6.26 Å². The van der Waals surface area contributed by atoms with E-state index in [9.17, 15) is 0 Å². The fourth-order valence-corrected chi connectivity index (χ4v) is 0.354. The van der Waals surface area contributed by atoms with Gasteiger partial charge in [0.1, 0.15) is 0 Å². The molecule has 0 unspecified atom stereocenters. The summed E-state index contributed by atoms with van der Waals surface area (Å²) in [6.07, 6.45) is -5.02. The first-order valence-corrected chi connectivity index (χ1v) is 3.65. The summed E-state index contributed by atoms with van der Waals surface area (Å²) >= 11 is 4.63. The minimum atomic E-state index is -3.20. The highest BCUT2D eigenvalue weighted by molar-refractivity contribution is 7.98. The molecule has 0 aromatic carbocycles. The quantitative estimate of drug-likeness (QED) is 0.462.